The van der Waals surface area contributed by atoms with Crippen molar-refractivity contribution in [3.8, 4) is 23.0 Å². The molecule has 1 amide bonds. The van der Waals surface area contributed by atoms with Gasteiger partial charge < -0.3 is 5.32 Å². The Hall–Kier alpha value is -3.44. The van der Waals surface area contributed by atoms with E-state index in [2.05, 4.69) is 10.4 Å². The number of hydrogen-bond acceptors (Lipinski definition) is 5. The number of rotatable bonds is 4. The molecule has 0 atom stereocenters. The normalized spacial score (nSPS) is 11.0. The molecule has 2 aromatic carbocycles. The third-order valence-corrected chi connectivity index (χ3v) is 4.96. The van der Waals surface area contributed by atoms with Gasteiger partial charge in [0, 0.05) is 30.5 Å². The molecule has 0 unspecified atom stereocenters. The second-order valence-corrected chi connectivity index (χ2v) is 7.98. The standard InChI is InChI=1S/C19H16N4O3S/c1-13(24)21-15-5-7-17(8-6-15)23-19(11-16(12-20)22-23)14-3-9-18(10-4-14)27(2,25)26/h3-11H,1-2H3,(H,21,24). The molecule has 27 heavy (non-hydrogen) atoms. The zero-order valence-corrected chi connectivity index (χ0v) is 15.5. The van der Waals surface area contributed by atoms with Crippen LogP contribution >= 0.6 is 0 Å². The first-order chi connectivity index (χ1) is 12.8. The molecule has 0 aliphatic heterocycles. The third-order valence-electron chi connectivity index (χ3n) is 3.83. The molecular weight excluding hydrogens is 364 g/mol. The lowest BCUT2D eigenvalue weighted by molar-refractivity contribution is -0.114. The molecule has 8 heteroatoms. The summed E-state index contributed by atoms with van der Waals surface area (Å²) < 4.78 is 24.9. The molecule has 1 heterocycles. The molecule has 136 valence electrons. The van der Waals surface area contributed by atoms with Crippen LogP contribution in [-0.4, -0.2) is 30.4 Å². The maximum atomic E-state index is 11.6. The van der Waals surface area contributed by atoms with Gasteiger partial charge in [0.2, 0.25) is 5.91 Å². The number of benzene rings is 2. The Morgan fingerprint density at radius 2 is 1.74 bits per heavy atom. The van der Waals surface area contributed by atoms with Crippen LogP contribution in [-0.2, 0) is 14.6 Å². The molecule has 0 bridgehead atoms. The number of sulfone groups is 1. The topological polar surface area (TPSA) is 105 Å². The predicted molar refractivity (Wildman–Crippen MR) is 101 cm³/mol. The van der Waals surface area contributed by atoms with Gasteiger partial charge in [0.05, 0.1) is 16.3 Å². The first kappa shape index (κ1) is 18.4. The van der Waals surface area contributed by atoms with E-state index in [0.717, 1.165) is 11.8 Å². The van der Waals surface area contributed by atoms with Crippen LogP contribution in [0.1, 0.15) is 12.6 Å². The molecule has 0 saturated carbocycles. The number of hydrogen-bond donors (Lipinski definition) is 1. The summed E-state index contributed by atoms with van der Waals surface area (Å²) in [6.07, 6.45) is 1.15. The number of carbonyl (C=O) groups is 1. The van der Waals surface area contributed by atoms with Gasteiger partial charge >= 0.3 is 0 Å². The molecular formula is C19H16N4O3S. The molecule has 0 radical (unpaired) electrons. The van der Waals surface area contributed by atoms with E-state index in [-0.39, 0.29) is 16.5 Å². The van der Waals surface area contributed by atoms with Crippen molar-refractivity contribution in [1.82, 2.24) is 9.78 Å². The summed E-state index contributed by atoms with van der Waals surface area (Å²) in [6, 6.07) is 17.1. The van der Waals surface area contributed by atoms with E-state index in [0.29, 0.717) is 17.1 Å². The Morgan fingerprint density at radius 1 is 1.11 bits per heavy atom. The number of nitrogens with zero attached hydrogens (tertiary/aromatic N) is 3. The van der Waals surface area contributed by atoms with Crippen molar-refractivity contribution >= 4 is 21.4 Å². The van der Waals surface area contributed by atoms with E-state index in [4.69, 9.17) is 0 Å². The molecule has 0 saturated heterocycles. The van der Waals surface area contributed by atoms with Gasteiger partial charge in [0.1, 0.15) is 6.07 Å². The molecule has 7 nitrogen and oxygen atoms in total. The summed E-state index contributed by atoms with van der Waals surface area (Å²) in [6.45, 7) is 1.43. The monoisotopic (exact) mass is 380 g/mol. The van der Waals surface area contributed by atoms with Gasteiger partial charge in [-0.05, 0) is 36.4 Å². The van der Waals surface area contributed by atoms with E-state index in [9.17, 15) is 18.5 Å². The summed E-state index contributed by atoms with van der Waals surface area (Å²) in [4.78, 5) is 11.4. The van der Waals surface area contributed by atoms with Gasteiger partial charge in [-0.3, -0.25) is 4.79 Å². The fourth-order valence-electron chi connectivity index (χ4n) is 2.60. The number of carbonyl (C=O) groups excluding carboxylic acids is 1. The van der Waals surface area contributed by atoms with Crippen molar-refractivity contribution in [2.24, 2.45) is 0 Å². The highest BCUT2D eigenvalue weighted by Crippen LogP contribution is 2.26. The average molecular weight is 380 g/mol. The quantitative estimate of drug-likeness (QED) is 0.749. The maximum absolute atomic E-state index is 11.6. The minimum absolute atomic E-state index is 0.166. The maximum Gasteiger partial charge on any atom is 0.221 e. The van der Waals surface area contributed by atoms with E-state index in [1.165, 1.54) is 19.1 Å². The van der Waals surface area contributed by atoms with Crippen LogP contribution in [0.5, 0.6) is 0 Å². The fourth-order valence-corrected chi connectivity index (χ4v) is 3.23. The fraction of sp³-hybridized carbons (Fsp3) is 0.105. The molecule has 0 fully saturated rings. The van der Waals surface area contributed by atoms with E-state index >= 15 is 0 Å². The largest absolute Gasteiger partial charge is 0.326 e. The third kappa shape index (κ3) is 4.04. The molecule has 0 spiro atoms. The lowest BCUT2D eigenvalue weighted by Crippen LogP contribution is -2.06. The molecule has 1 aromatic heterocycles. The highest BCUT2D eigenvalue weighted by Gasteiger charge is 2.13. The van der Waals surface area contributed by atoms with Gasteiger partial charge in [-0.2, -0.15) is 10.4 Å². The Bertz CT molecular complexity index is 1140. The summed E-state index contributed by atoms with van der Waals surface area (Å²) in [7, 11) is -3.29. The van der Waals surface area contributed by atoms with E-state index in [1.54, 1.807) is 47.1 Å². The lowest BCUT2D eigenvalue weighted by atomic mass is 10.1. The zero-order chi connectivity index (χ0) is 19.6. The summed E-state index contributed by atoms with van der Waals surface area (Å²) >= 11 is 0. The van der Waals surface area contributed by atoms with Gasteiger partial charge in [-0.25, -0.2) is 13.1 Å². The van der Waals surface area contributed by atoms with Crippen LogP contribution < -0.4 is 5.32 Å². The Morgan fingerprint density at radius 3 is 2.26 bits per heavy atom. The van der Waals surface area contributed by atoms with Crippen molar-refractivity contribution in [1.29, 1.82) is 5.26 Å². The van der Waals surface area contributed by atoms with Crippen LogP contribution in [0.2, 0.25) is 0 Å². The highest BCUT2D eigenvalue weighted by molar-refractivity contribution is 7.90. The Kier molecular flexibility index (Phi) is 4.79. The first-order valence-corrected chi connectivity index (χ1v) is 9.86. The number of aromatic nitrogens is 2. The lowest BCUT2D eigenvalue weighted by Gasteiger charge is -2.09. The second kappa shape index (κ2) is 7.05. The van der Waals surface area contributed by atoms with Gasteiger partial charge in [-0.1, -0.05) is 12.1 Å². The predicted octanol–water partition coefficient (Wildman–Crippen LogP) is 2.77. The van der Waals surface area contributed by atoms with Gasteiger partial charge in [0.15, 0.2) is 15.5 Å². The zero-order valence-electron chi connectivity index (χ0n) is 14.7. The molecule has 3 aromatic rings. The molecule has 1 N–H and O–H groups in total. The molecule has 3 rings (SSSR count). The van der Waals surface area contributed by atoms with Gasteiger partial charge in [-0.15, -0.1) is 0 Å². The summed E-state index contributed by atoms with van der Waals surface area (Å²) in [5.74, 6) is -0.166. The second-order valence-electron chi connectivity index (χ2n) is 5.96. The van der Waals surface area contributed by atoms with E-state index < -0.39 is 9.84 Å². The van der Waals surface area contributed by atoms with Crippen LogP contribution in [0, 0.1) is 11.3 Å². The molecule has 0 aliphatic carbocycles. The van der Waals surface area contributed by atoms with Crippen LogP contribution in [0.25, 0.3) is 16.9 Å². The smallest absolute Gasteiger partial charge is 0.221 e. The Balaban J connectivity index is 2.04. The van der Waals surface area contributed by atoms with Gasteiger partial charge in [0.25, 0.3) is 0 Å². The number of nitriles is 1. The minimum Gasteiger partial charge on any atom is -0.326 e. The van der Waals surface area contributed by atoms with Crippen LogP contribution in [0.15, 0.2) is 59.5 Å². The van der Waals surface area contributed by atoms with Crippen molar-refractivity contribution < 1.29 is 13.2 Å². The summed E-state index contributed by atoms with van der Waals surface area (Å²) in [5, 5.41) is 16.2. The average Bonchev–Trinajstić information content (AvgIpc) is 3.06. The van der Waals surface area contributed by atoms with E-state index in [1.807, 2.05) is 6.07 Å². The van der Waals surface area contributed by atoms with Crippen molar-refractivity contribution in [2.45, 2.75) is 11.8 Å². The number of anilines is 1. The van der Waals surface area contributed by atoms with Crippen LogP contribution in [0.4, 0.5) is 5.69 Å². The first-order valence-electron chi connectivity index (χ1n) is 7.96. The van der Waals surface area contributed by atoms with Crippen molar-refractivity contribution in [2.75, 3.05) is 11.6 Å². The Labute approximate surface area is 156 Å². The highest BCUT2D eigenvalue weighted by atomic mass is 32.2. The van der Waals surface area contributed by atoms with Crippen LogP contribution in [0.3, 0.4) is 0 Å². The van der Waals surface area contributed by atoms with Crippen molar-refractivity contribution in [3.05, 3.63) is 60.3 Å². The number of amides is 1. The SMILES string of the molecule is CC(=O)Nc1ccc(-n2nc(C#N)cc2-c2ccc(S(C)(=O)=O)cc2)cc1. The minimum atomic E-state index is -3.29. The molecule has 0 aliphatic rings. The van der Waals surface area contributed by atoms with Crippen molar-refractivity contribution in [3.63, 3.8) is 0 Å². The summed E-state index contributed by atoms with van der Waals surface area (Å²) in [5.41, 5.74) is 2.97. The number of nitrogens with one attached hydrogen (secondary N) is 1.